The zero-order valence-corrected chi connectivity index (χ0v) is 13.9. The molecule has 4 heteroatoms. The third-order valence-electron chi connectivity index (χ3n) is 4.43. The highest BCUT2D eigenvalue weighted by Gasteiger charge is 2.24. The third-order valence-corrected chi connectivity index (χ3v) is 4.43. The second-order valence-corrected chi connectivity index (χ2v) is 6.23. The van der Waals surface area contributed by atoms with E-state index in [1.807, 2.05) is 61.5 Å². The van der Waals surface area contributed by atoms with Crippen molar-refractivity contribution < 1.29 is 9.59 Å². The van der Waals surface area contributed by atoms with Crippen LogP contribution in [0.1, 0.15) is 18.1 Å². The predicted molar refractivity (Wildman–Crippen MR) is 94.8 cm³/mol. The molecule has 1 unspecified atom stereocenters. The smallest absolute Gasteiger partial charge is 0.246 e. The van der Waals surface area contributed by atoms with Crippen molar-refractivity contribution in [3.05, 3.63) is 65.7 Å². The minimum absolute atomic E-state index is 0.0479. The highest BCUT2D eigenvalue weighted by molar-refractivity contribution is 5.98. The fraction of sp³-hybridized carbons (Fsp3) is 0.300. The lowest BCUT2D eigenvalue weighted by atomic mass is 10.0. The van der Waals surface area contributed by atoms with Gasteiger partial charge in [0.05, 0.1) is 6.54 Å². The van der Waals surface area contributed by atoms with Gasteiger partial charge in [-0.05, 0) is 30.0 Å². The van der Waals surface area contributed by atoms with Crippen molar-refractivity contribution >= 4 is 17.5 Å². The summed E-state index contributed by atoms with van der Waals surface area (Å²) in [6.45, 7) is 2.62. The van der Waals surface area contributed by atoms with Crippen molar-refractivity contribution in [3.63, 3.8) is 0 Å². The molecule has 24 heavy (non-hydrogen) atoms. The van der Waals surface area contributed by atoms with E-state index in [9.17, 15) is 9.59 Å². The lowest BCUT2D eigenvalue weighted by Crippen LogP contribution is -2.41. The van der Waals surface area contributed by atoms with Crippen molar-refractivity contribution in [2.24, 2.45) is 5.92 Å². The number of hydrogen-bond donors (Lipinski definition) is 1. The number of hydrogen-bond acceptors (Lipinski definition) is 2. The minimum Gasteiger partial charge on any atom is -0.347 e. The van der Waals surface area contributed by atoms with Crippen LogP contribution in [0.15, 0.2) is 54.6 Å². The van der Waals surface area contributed by atoms with Crippen LogP contribution in [0.4, 0.5) is 5.69 Å². The van der Waals surface area contributed by atoms with Crippen LogP contribution in [-0.4, -0.2) is 24.9 Å². The summed E-state index contributed by atoms with van der Waals surface area (Å²) in [6, 6.07) is 17.8. The van der Waals surface area contributed by atoms with Crippen molar-refractivity contribution in [2.45, 2.75) is 19.8 Å². The van der Waals surface area contributed by atoms with Crippen LogP contribution in [0, 0.1) is 5.92 Å². The second-order valence-electron chi connectivity index (χ2n) is 6.23. The van der Waals surface area contributed by atoms with Gasteiger partial charge in [0, 0.05) is 18.2 Å². The van der Waals surface area contributed by atoms with Crippen molar-refractivity contribution in [3.8, 4) is 0 Å². The van der Waals surface area contributed by atoms with Crippen molar-refractivity contribution in [1.29, 1.82) is 0 Å². The maximum atomic E-state index is 12.4. The molecular weight excluding hydrogens is 300 g/mol. The molecule has 0 spiro atoms. The van der Waals surface area contributed by atoms with Crippen molar-refractivity contribution in [2.75, 3.05) is 18.0 Å². The van der Waals surface area contributed by atoms with Crippen molar-refractivity contribution in [1.82, 2.24) is 5.32 Å². The number of carbonyl (C=O) groups excluding carboxylic acids is 2. The molecule has 0 aromatic heterocycles. The molecule has 2 aromatic rings. The Morgan fingerprint density at radius 2 is 1.79 bits per heavy atom. The van der Waals surface area contributed by atoms with Crippen LogP contribution in [0.25, 0.3) is 0 Å². The van der Waals surface area contributed by atoms with E-state index in [4.69, 9.17) is 0 Å². The highest BCUT2D eigenvalue weighted by atomic mass is 16.2. The van der Waals surface area contributed by atoms with Gasteiger partial charge in [0.25, 0.3) is 0 Å². The topological polar surface area (TPSA) is 49.4 Å². The number of para-hydroxylation sites is 1. The van der Waals surface area contributed by atoms with Gasteiger partial charge < -0.3 is 10.2 Å². The molecule has 0 bridgehead atoms. The maximum absolute atomic E-state index is 12.4. The van der Waals surface area contributed by atoms with Crippen LogP contribution in [0.5, 0.6) is 0 Å². The Hall–Kier alpha value is -2.62. The average molecular weight is 322 g/mol. The average Bonchev–Trinajstić information content (AvgIpc) is 3.04. The Morgan fingerprint density at radius 3 is 2.58 bits per heavy atom. The molecule has 0 saturated carbocycles. The summed E-state index contributed by atoms with van der Waals surface area (Å²) in [5.41, 5.74) is 3.28. The van der Waals surface area contributed by atoms with E-state index < -0.39 is 0 Å². The van der Waals surface area contributed by atoms with E-state index in [1.54, 1.807) is 4.90 Å². The predicted octanol–water partition coefficient (Wildman–Crippen LogP) is 2.57. The van der Waals surface area contributed by atoms with Gasteiger partial charge in [0.1, 0.15) is 0 Å². The quantitative estimate of drug-likeness (QED) is 0.920. The summed E-state index contributed by atoms with van der Waals surface area (Å²) >= 11 is 0. The first kappa shape index (κ1) is 16.2. The molecule has 3 rings (SSSR count). The maximum Gasteiger partial charge on any atom is 0.246 e. The molecule has 0 radical (unpaired) electrons. The van der Waals surface area contributed by atoms with E-state index >= 15 is 0 Å². The number of anilines is 1. The van der Waals surface area contributed by atoms with Crippen LogP contribution >= 0.6 is 0 Å². The zero-order chi connectivity index (χ0) is 16.9. The van der Waals surface area contributed by atoms with Gasteiger partial charge in [-0.25, -0.2) is 0 Å². The van der Waals surface area contributed by atoms with Crippen LogP contribution in [-0.2, 0) is 22.4 Å². The first-order valence-electron chi connectivity index (χ1n) is 8.35. The van der Waals surface area contributed by atoms with E-state index in [0.717, 1.165) is 17.7 Å². The number of benzene rings is 2. The second kappa shape index (κ2) is 7.30. The molecule has 1 aliphatic heterocycles. The Balaban J connectivity index is 1.52. The lowest BCUT2D eigenvalue weighted by molar-refractivity contribution is -0.127. The van der Waals surface area contributed by atoms with E-state index in [-0.39, 0.29) is 24.3 Å². The Labute approximate surface area is 142 Å². The SMILES string of the molecule is CC(Cc1ccccc1)C(=O)NCC(=O)N1CCc2ccccc21. The largest absolute Gasteiger partial charge is 0.347 e. The Morgan fingerprint density at radius 1 is 1.08 bits per heavy atom. The summed E-state index contributed by atoms with van der Waals surface area (Å²) in [4.78, 5) is 26.4. The Kier molecular flexibility index (Phi) is 4.94. The molecule has 4 nitrogen and oxygen atoms in total. The summed E-state index contributed by atoms with van der Waals surface area (Å²) in [5.74, 6) is -0.300. The summed E-state index contributed by atoms with van der Waals surface area (Å²) in [6.07, 6.45) is 1.55. The molecule has 0 fully saturated rings. The molecule has 1 atom stereocenters. The molecule has 1 aliphatic rings. The van der Waals surface area contributed by atoms with Gasteiger partial charge in [-0.15, -0.1) is 0 Å². The van der Waals surface area contributed by atoms with Gasteiger partial charge in [-0.1, -0.05) is 55.5 Å². The van der Waals surface area contributed by atoms with Crippen LogP contribution in [0.2, 0.25) is 0 Å². The molecule has 2 aromatic carbocycles. The summed E-state index contributed by atoms with van der Waals surface area (Å²) in [5, 5.41) is 2.78. The van der Waals surface area contributed by atoms with Gasteiger partial charge >= 0.3 is 0 Å². The Bertz CT molecular complexity index is 727. The molecule has 2 amide bonds. The molecular formula is C20H22N2O2. The van der Waals surface area contributed by atoms with Gasteiger partial charge in [0.2, 0.25) is 11.8 Å². The summed E-state index contributed by atoms with van der Waals surface area (Å²) < 4.78 is 0. The number of rotatable bonds is 5. The molecule has 1 N–H and O–H groups in total. The number of carbonyl (C=O) groups is 2. The third kappa shape index (κ3) is 3.65. The van der Waals surface area contributed by atoms with E-state index in [2.05, 4.69) is 5.32 Å². The molecule has 1 heterocycles. The standard InChI is InChI=1S/C20H22N2O2/c1-15(13-16-7-3-2-4-8-16)20(24)21-14-19(23)22-12-11-17-9-5-6-10-18(17)22/h2-10,15H,11-14H2,1H3,(H,21,24). The number of nitrogens with one attached hydrogen (secondary N) is 1. The van der Waals surface area contributed by atoms with Crippen LogP contribution < -0.4 is 10.2 Å². The monoisotopic (exact) mass is 322 g/mol. The van der Waals surface area contributed by atoms with Crippen LogP contribution in [0.3, 0.4) is 0 Å². The normalized spacial score (nSPS) is 14.1. The van der Waals surface area contributed by atoms with Gasteiger partial charge in [-0.3, -0.25) is 9.59 Å². The number of nitrogens with zero attached hydrogens (tertiary/aromatic N) is 1. The minimum atomic E-state index is -0.161. The fourth-order valence-electron chi connectivity index (χ4n) is 3.09. The lowest BCUT2D eigenvalue weighted by Gasteiger charge is -2.18. The molecule has 0 saturated heterocycles. The van der Waals surface area contributed by atoms with E-state index in [1.165, 1.54) is 5.56 Å². The first-order valence-corrected chi connectivity index (χ1v) is 8.35. The first-order chi connectivity index (χ1) is 11.6. The number of amides is 2. The van der Waals surface area contributed by atoms with Gasteiger partial charge in [0.15, 0.2) is 0 Å². The highest BCUT2D eigenvalue weighted by Crippen LogP contribution is 2.27. The fourth-order valence-corrected chi connectivity index (χ4v) is 3.09. The van der Waals surface area contributed by atoms with Gasteiger partial charge in [-0.2, -0.15) is 0 Å². The zero-order valence-electron chi connectivity index (χ0n) is 13.9. The molecule has 124 valence electrons. The summed E-state index contributed by atoms with van der Waals surface area (Å²) in [7, 11) is 0. The molecule has 0 aliphatic carbocycles. The van der Waals surface area contributed by atoms with E-state index in [0.29, 0.717) is 13.0 Å². The number of fused-ring (bicyclic) bond motifs is 1.